The Hall–Kier alpha value is -2.33. The summed E-state index contributed by atoms with van der Waals surface area (Å²) in [6.45, 7) is 0.392. The molecule has 0 heterocycles. The van der Waals surface area contributed by atoms with E-state index in [9.17, 15) is 15.0 Å². The third-order valence-corrected chi connectivity index (χ3v) is 3.64. The van der Waals surface area contributed by atoms with Crippen molar-refractivity contribution < 1.29 is 19.7 Å². The van der Waals surface area contributed by atoms with Gasteiger partial charge in [-0.25, -0.2) is 0 Å². The van der Waals surface area contributed by atoms with Crippen LogP contribution in [0.15, 0.2) is 54.6 Å². The van der Waals surface area contributed by atoms with Crippen LogP contribution in [0, 0.1) is 0 Å². The second kappa shape index (κ2) is 8.96. The van der Waals surface area contributed by atoms with E-state index < -0.39 is 12.1 Å². The van der Waals surface area contributed by atoms with Crippen LogP contribution >= 0.6 is 0 Å². The molecule has 0 saturated carbocycles. The van der Waals surface area contributed by atoms with Crippen LogP contribution < -0.4 is 5.11 Å². The summed E-state index contributed by atoms with van der Waals surface area (Å²) >= 11 is 0. The third kappa shape index (κ3) is 6.12. The van der Waals surface area contributed by atoms with Gasteiger partial charge >= 0.3 is 0 Å². The average molecular weight is 313 g/mol. The smallest absolute Gasteiger partial charge is 0.115 e. The molecule has 0 aliphatic heterocycles. The quantitative estimate of drug-likeness (QED) is 0.720. The van der Waals surface area contributed by atoms with Gasteiger partial charge in [0.05, 0.1) is 5.97 Å². The number of carboxylic acid groups (broad SMARTS) is 1. The minimum Gasteiger partial charge on any atom is -0.547 e. The molecule has 23 heavy (non-hydrogen) atoms. The van der Waals surface area contributed by atoms with Gasteiger partial charge in [0.2, 0.25) is 0 Å². The molecule has 0 bridgehead atoms. The highest BCUT2D eigenvalue weighted by molar-refractivity contribution is 5.70. The number of carbonyl (C=O) groups is 1. The highest BCUT2D eigenvalue weighted by atomic mass is 16.5. The molecule has 2 rings (SSSR count). The lowest BCUT2D eigenvalue weighted by molar-refractivity contribution is -0.316. The number of carbonyl (C=O) groups excluding carboxylic acids is 1. The minimum atomic E-state index is -1.21. The van der Waals surface area contributed by atoms with Crippen molar-refractivity contribution in [1.29, 1.82) is 0 Å². The number of unbranched alkanes of at least 4 members (excludes halogenated alkanes) is 1. The number of ether oxygens (including phenoxy) is 1. The molecule has 0 amide bonds. The van der Waals surface area contributed by atoms with Gasteiger partial charge in [0.25, 0.3) is 0 Å². The second-order valence-electron chi connectivity index (χ2n) is 5.49. The Morgan fingerprint density at radius 2 is 1.70 bits per heavy atom. The van der Waals surface area contributed by atoms with Gasteiger partial charge < -0.3 is 19.7 Å². The predicted octanol–water partition coefficient (Wildman–Crippen LogP) is 2.09. The number of aryl methyl sites for hydroxylation is 1. The van der Waals surface area contributed by atoms with Gasteiger partial charge in [0.1, 0.15) is 11.9 Å². The van der Waals surface area contributed by atoms with Crippen LogP contribution in [-0.4, -0.2) is 23.8 Å². The van der Waals surface area contributed by atoms with Gasteiger partial charge in [-0.15, -0.1) is 0 Å². The van der Waals surface area contributed by atoms with E-state index in [1.807, 2.05) is 18.2 Å². The highest BCUT2D eigenvalue weighted by Crippen LogP contribution is 2.13. The normalized spacial score (nSPS) is 12.0. The summed E-state index contributed by atoms with van der Waals surface area (Å²) in [5, 5.41) is 20.4. The van der Waals surface area contributed by atoms with Gasteiger partial charge in [0.15, 0.2) is 0 Å². The lowest BCUT2D eigenvalue weighted by Gasteiger charge is -2.19. The van der Waals surface area contributed by atoms with Crippen LogP contribution in [0.2, 0.25) is 0 Å². The Bertz CT molecular complexity index is 593. The van der Waals surface area contributed by atoms with Crippen LogP contribution in [0.4, 0.5) is 0 Å². The van der Waals surface area contributed by atoms with Gasteiger partial charge in [-0.2, -0.15) is 0 Å². The Morgan fingerprint density at radius 1 is 1.00 bits per heavy atom. The summed E-state index contributed by atoms with van der Waals surface area (Å²) in [5.41, 5.74) is 2.06. The maximum absolute atomic E-state index is 11.2. The summed E-state index contributed by atoms with van der Waals surface area (Å²) in [7, 11) is 0. The van der Waals surface area contributed by atoms with Gasteiger partial charge in [0, 0.05) is 13.0 Å². The molecular formula is C19H21O4-. The molecule has 0 aliphatic carbocycles. The molecule has 0 spiro atoms. The number of benzene rings is 2. The van der Waals surface area contributed by atoms with Crippen LogP contribution in [0.25, 0.3) is 0 Å². The van der Waals surface area contributed by atoms with Crippen LogP contribution in [0.1, 0.15) is 24.0 Å². The van der Waals surface area contributed by atoms with Crippen molar-refractivity contribution >= 4 is 5.97 Å². The molecule has 0 aliphatic rings. The van der Waals surface area contributed by atoms with E-state index in [2.05, 4.69) is 12.1 Å². The number of aromatic hydroxyl groups is 1. The van der Waals surface area contributed by atoms with E-state index in [1.54, 1.807) is 12.1 Å². The Balaban J connectivity index is 1.72. The fourth-order valence-electron chi connectivity index (χ4n) is 2.36. The number of carboxylic acids is 1. The summed E-state index contributed by atoms with van der Waals surface area (Å²) in [5.74, 6) is -1.05. The predicted molar refractivity (Wildman–Crippen MR) is 85.9 cm³/mol. The van der Waals surface area contributed by atoms with E-state index in [4.69, 9.17) is 4.74 Å². The molecule has 122 valence electrons. The van der Waals surface area contributed by atoms with Crippen molar-refractivity contribution in [2.24, 2.45) is 0 Å². The average Bonchev–Trinajstić information content (AvgIpc) is 2.56. The molecule has 1 unspecified atom stereocenters. The summed E-state index contributed by atoms with van der Waals surface area (Å²) in [4.78, 5) is 11.2. The summed E-state index contributed by atoms with van der Waals surface area (Å²) in [6.07, 6.45) is 1.98. The summed E-state index contributed by atoms with van der Waals surface area (Å²) in [6, 6.07) is 16.6. The fraction of sp³-hybridized carbons (Fsp3) is 0.316. The molecule has 1 N–H and O–H groups in total. The second-order valence-corrected chi connectivity index (χ2v) is 5.49. The standard InChI is InChI=1S/C19H22O4/c20-17-11-9-16(10-12-17)14-18(19(21)22)23-13-5-4-8-15-6-2-1-3-7-15/h1-3,6-7,9-12,18,20H,4-5,8,13-14H2,(H,21,22)/p-1. The molecule has 0 saturated heterocycles. The largest absolute Gasteiger partial charge is 0.547 e. The number of aliphatic carboxylic acids is 1. The van der Waals surface area contributed by atoms with Crippen molar-refractivity contribution in [3.05, 3.63) is 65.7 Å². The first kappa shape index (κ1) is 17.0. The van der Waals surface area contributed by atoms with E-state index in [0.717, 1.165) is 24.8 Å². The van der Waals surface area contributed by atoms with Crippen molar-refractivity contribution in [3.63, 3.8) is 0 Å². The molecule has 2 aromatic carbocycles. The number of rotatable bonds is 9. The first-order valence-electron chi connectivity index (χ1n) is 7.79. The lowest BCUT2D eigenvalue weighted by Crippen LogP contribution is -2.39. The van der Waals surface area contributed by atoms with Gasteiger partial charge in [-0.1, -0.05) is 42.5 Å². The van der Waals surface area contributed by atoms with E-state index in [1.165, 1.54) is 17.7 Å². The minimum absolute atomic E-state index is 0.153. The maximum atomic E-state index is 11.2. The van der Waals surface area contributed by atoms with Crippen LogP contribution in [-0.2, 0) is 22.4 Å². The fourth-order valence-corrected chi connectivity index (χ4v) is 2.36. The zero-order chi connectivity index (χ0) is 16.5. The Kier molecular flexibility index (Phi) is 6.63. The zero-order valence-corrected chi connectivity index (χ0v) is 13.0. The lowest BCUT2D eigenvalue weighted by atomic mass is 10.1. The highest BCUT2D eigenvalue weighted by Gasteiger charge is 2.11. The maximum Gasteiger partial charge on any atom is 0.115 e. The topological polar surface area (TPSA) is 69.6 Å². The first-order chi connectivity index (χ1) is 11.1. The third-order valence-electron chi connectivity index (χ3n) is 3.64. The molecule has 4 heteroatoms. The van der Waals surface area contributed by atoms with Gasteiger partial charge in [-0.05, 0) is 42.5 Å². The Labute approximate surface area is 136 Å². The van der Waals surface area contributed by atoms with Crippen molar-refractivity contribution in [3.8, 4) is 5.75 Å². The van der Waals surface area contributed by atoms with Crippen molar-refractivity contribution in [2.45, 2.75) is 31.8 Å². The summed E-state index contributed by atoms with van der Waals surface area (Å²) < 4.78 is 5.45. The van der Waals surface area contributed by atoms with Crippen molar-refractivity contribution in [2.75, 3.05) is 6.61 Å². The number of hydrogen-bond donors (Lipinski definition) is 1. The molecule has 0 fully saturated rings. The Morgan fingerprint density at radius 3 is 2.35 bits per heavy atom. The number of phenolic OH excluding ortho intramolecular Hbond substituents is 1. The van der Waals surface area contributed by atoms with E-state index in [0.29, 0.717) is 6.61 Å². The molecule has 2 aromatic rings. The van der Waals surface area contributed by atoms with Crippen molar-refractivity contribution in [1.82, 2.24) is 0 Å². The van der Waals surface area contributed by atoms with E-state index >= 15 is 0 Å². The molecule has 1 atom stereocenters. The van der Waals surface area contributed by atoms with E-state index in [-0.39, 0.29) is 12.2 Å². The molecule has 0 aromatic heterocycles. The SMILES string of the molecule is O=C([O-])C(Cc1ccc(O)cc1)OCCCCc1ccccc1. The zero-order valence-electron chi connectivity index (χ0n) is 13.0. The molecule has 4 nitrogen and oxygen atoms in total. The number of hydrogen-bond acceptors (Lipinski definition) is 4. The molecule has 0 radical (unpaired) electrons. The van der Waals surface area contributed by atoms with Crippen LogP contribution in [0.3, 0.4) is 0 Å². The van der Waals surface area contributed by atoms with Crippen LogP contribution in [0.5, 0.6) is 5.75 Å². The molecular weight excluding hydrogens is 292 g/mol. The monoisotopic (exact) mass is 313 g/mol. The van der Waals surface area contributed by atoms with Gasteiger partial charge in [-0.3, -0.25) is 0 Å². The number of phenols is 1. The first-order valence-corrected chi connectivity index (χ1v) is 7.79.